The molecule has 122 valence electrons. The molecular formula is C17H15N3O4. The summed E-state index contributed by atoms with van der Waals surface area (Å²) in [5.74, 6) is -0.942. The molecule has 0 spiro atoms. The minimum Gasteiger partial charge on any atom is -0.326 e. The molecular weight excluding hydrogens is 310 g/mol. The lowest BCUT2D eigenvalue weighted by molar-refractivity contribution is -0.384. The number of non-ortho nitro benzene ring substituents is 1. The van der Waals surface area contributed by atoms with Gasteiger partial charge in [-0.3, -0.25) is 19.7 Å². The first-order chi connectivity index (χ1) is 11.5. The summed E-state index contributed by atoms with van der Waals surface area (Å²) in [7, 11) is 0. The van der Waals surface area contributed by atoms with E-state index >= 15 is 0 Å². The fraction of sp³-hybridized carbons (Fsp3) is 0.176. The van der Waals surface area contributed by atoms with Crippen LogP contribution in [0.4, 0.5) is 17.1 Å². The summed E-state index contributed by atoms with van der Waals surface area (Å²) in [4.78, 5) is 36.3. The highest BCUT2D eigenvalue weighted by Gasteiger charge is 2.35. The monoisotopic (exact) mass is 325 g/mol. The zero-order valence-electron chi connectivity index (χ0n) is 12.7. The highest BCUT2D eigenvalue weighted by Crippen LogP contribution is 2.28. The molecule has 1 atom stereocenters. The molecule has 1 fully saturated rings. The number of nitrogens with zero attached hydrogens (tertiary/aromatic N) is 2. The zero-order valence-corrected chi connectivity index (χ0v) is 12.7. The molecule has 1 aliphatic rings. The van der Waals surface area contributed by atoms with Gasteiger partial charge in [0.2, 0.25) is 11.8 Å². The van der Waals surface area contributed by atoms with E-state index in [-0.39, 0.29) is 30.5 Å². The average Bonchev–Trinajstić information content (AvgIpc) is 2.98. The van der Waals surface area contributed by atoms with Crippen molar-refractivity contribution < 1.29 is 14.5 Å². The van der Waals surface area contributed by atoms with Crippen LogP contribution in [0.3, 0.4) is 0 Å². The summed E-state index contributed by atoms with van der Waals surface area (Å²) in [6.07, 6.45) is 0.0847. The second-order valence-corrected chi connectivity index (χ2v) is 5.54. The van der Waals surface area contributed by atoms with E-state index in [1.165, 1.54) is 23.1 Å². The van der Waals surface area contributed by atoms with Gasteiger partial charge in [0.15, 0.2) is 0 Å². The van der Waals surface area contributed by atoms with E-state index in [1.807, 2.05) is 18.2 Å². The number of hydrogen-bond donors (Lipinski definition) is 1. The molecule has 0 radical (unpaired) electrons. The Morgan fingerprint density at radius 2 is 1.92 bits per heavy atom. The van der Waals surface area contributed by atoms with Crippen molar-refractivity contribution in [3.8, 4) is 0 Å². The lowest BCUT2D eigenvalue weighted by atomic mass is 10.1. The van der Waals surface area contributed by atoms with Crippen molar-refractivity contribution in [1.29, 1.82) is 0 Å². The number of nitro groups is 1. The van der Waals surface area contributed by atoms with Crippen molar-refractivity contribution in [2.24, 2.45) is 5.92 Å². The number of para-hydroxylation sites is 1. The van der Waals surface area contributed by atoms with E-state index < -0.39 is 10.8 Å². The van der Waals surface area contributed by atoms with E-state index in [9.17, 15) is 19.7 Å². The van der Waals surface area contributed by atoms with Crippen molar-refractivity contribution in [2.45, 2.75) is 6.42 Å². The van der Waals surface area contributed by atoms with Gasteiger partial charge in [-0.25, -0.2) is 0 Å². The number of anilines is 2. The molecule has 0 unspecified atom stereocenters. The molecule has 1 heterocycles. The first kappa shape index (κ1) is 15.7. The van der Waals surface area contributed by atoms with E-state index in [2.05, 4.69) is 5.32 Å². The summed E-state index contributed by atoms with van der Waals surface area (Å²) in [5.41, 5.74) is 1.02. The number of carbonyl (C=O) groups is 2. The Labute approximate surface area is 138 Å². The van der Waals surface area contributed by atoms with Crippen LogP contribution in [0.5, 0.6) is 0 Å². The maximum absolute atomic E-state index is 12.3. The van der Waals surface area contributed by atoms with E-state index in [0.717, 1.165) is 0 Å². The lowest BCUT2D eigenvalue weighted by Gasteiger charge is -2.16. The van der Waals surface area contributed by atoms with Crippen LogP contribution in [0, 0.1) is 16.0 Å². The van der Waals surface area contributed by atoms with Gasteiger partial charge in [0.25, 0.3) is 5.69 Å². The molecule has 1 saturated heterocycles. The summed E-state index contributed by atoms with van der Waals surface area (Å²) in [6.45, 7) is 0.207. The Morgan fingerprint density at radius 1 is 1.17 bits per heavy atom. The van der Waals surface area contributed by atoms with Crippen LogP contribution in [0.15, 0.2) is 54.6 Å². The molecule has 2 amide bonds. The molecule has 0 aromatic heterocycles. The van der Waals surface area contributed by atoms with E-state index in [0.29, 0.717) is 11.4 Å². The van der Waals surface area contributed by atoms with Gasteiger partial charge in [-0.1, -0.05) is 24.3 Å². The van der Waals surface area contributed by atoms with E-state index in [4.69, 9.17) is 0 Å². The van der Waals surface area contributed by atoms with Gasteiger partial charge < -0.3 is 10.2 Å². The molecule has 3 rings (SSSR count). The fourth-order valence-corrected chi connectivity index (χ4v) is 2.67. The second-order valence-electron chi connectivity index (χ2n) is 5.54. The van der Waals surface area contributed by atoms with Crippen molar-refractivity contribution in [2.75, 3.05) is 16.8 Å². The summed E-state index contributed by atoms with van der Waals surface area (Å²) < 4.78 is 0. The normalized spacial score (nSPS) is 16.9. The number of hydrogen-bond acceptors (Lipinski definition) is 4. The number of rotatable bonds is 4. The van der Waals surface area contributed by atoms with Crippen LogP contribution >= 0.6 is 0 Å². The summed E-state index contributed by atoms with van der Waals surface area (Å²) in [6, 6.07) is 14.9. The number of nitrogens with one attached hydrogen (secondary N) is 1. The number of benzene rings is 2. The molecule has 0 aliphatic carbocycles. The van der Waals surface area contributed by atoms with Gasteiger partial charge in [-0.2, -0.15) is 0 Å². The maximum atomic E-state index is 12.3. The lowest BCUT2D eigenvalue weighted by Crippen LogP contribution is -2.28. The minimum absolute atomic E-state index is 0.0847. The molecule has 7 nitrogen and oxygen atoms in total. The Morgan fingerprint density at radius 3 is 2.62 bits per heavy atom. The SMILES string of the molecule is O=C(Nc1ccccc1)[C@H]1CC(=O)N(c2cccc([N+](=O)[O-])c2)C1. The Bertz CT molecular complexity index is 791. The molecule has 1 aliphatic heterocycles. The van der Waals surface area contributed by atoms with Crippen molar-refractivity contribution in [1.82, 2.24) is 0 Å². The molecule has 7 heteroatoms. The van der Waals surface area contributed by atoms with Gasteiger partial charge in [0.05, 0.1) is 16.5 Å². The van der Waals surface area contributed by atoms with Crippen LogP contribution in [-0.2, 0) is 9.59 Å². The zero-order chi connectivity index (χ0) is 17.1. The minimum atomic E-state index is -0.510. The Balaban J connectivity index is 1.72. The smallest absolute Gasteiger partial charge is 0.271 e. The predicted octanol–water partition coefficient (Wildman–Crippen LogP) is 2.59. The molecule has 1 N–H and O–H groups in total. The van der Waals surface area contributed by atoms with E-state index in [1.54, 1.807) is 18.2 Å². The number of amides is 2. The highest BCUT2D eigenvalue weighted by atomic mass is 16.6. The quantitative estimate of drug-likeness (QED) is 0.690. The molecule has 2 aromatic rings. The first-order valence-electron chi connectivity index (χ1n) is 7.45. The highest BCUT2D eigenvalue weighted by molar-refractivity contribution is 6.03. The molecule has 0 saturated carbocycles. The van der Waals surface area contributed by atoms with Crippen molar-refractivity contribution in [3.05, 3.63) is 64.7 Å². The second kappa shape index (κ2) is 6.49. The van der Waals surface area contributed by atoms with Gasteiger partial charge >= 0.3 is 0 Å². The van der Waals surface area contributed by atoms with Gasteiger partial charge in [-0.05, 0) is 18.2 Å². The van der Waals surface area contributed by atoms with Crippen LogP contribution in [0.2, 0.25) is 0 Å². The van der Waals surface area contributed by atoms with Gasteiger partial charge in [0.1, 0.15) is 0 Å². The molecule has 2 aromatic carbocycles. The van der Waals surface area contributed by atoms with Crippen LogP contribution in [0.25, 0.3) is 0 Å². The Hall–Kier alpha value is -3.22. The van der Waals surface area contributed by atoms with Crippen LogP contribution in [0.1, 0.15) is 6.42 Å². The average molecular weight is 325 g/mol. The molecule has 24 heavy (non-hydrogen) atoms. The summed E-state index contributed by atoms with van der Waals surface area (Å²) in [5, 5.41) is 13.6. The third-order valence-electron chi connectivity index (χ3n) is 3.89. The third-order valence-corrected chi connectivity index (χ3v) is 3.89. The standard InChI is InChI=1S/C17H15N3O4/c21-16-9-12(17(22)18-13-5-2-1-3-6-13)11-19(16)14-7-4-8-15(10-14)20(23)24/h1-8,10,12H,9,11H2,(H,18,22)/t12-/m0/s1. The largest absolute Gasteiger partial charge is 0.326 e. The van der Waals surface area contributed by atoms with Crippen LogP contribution < -0.4 is 10.2 Å². The number of carbonyl (C=O) groups excluding carboxylic acids is 2. The maximum Gasteiger partial charge on any atom is 0.271 e. The van der Waals surface area contributed by atoms with Crippen molar-refractivity contribution >= 4 is 28.9 Å². The number of nitro benzene ring substituents is 1. The predicted molar refractivity (Wildman–Crippen MR) is 88.6 cm³/mol. The first-order valence-corrected chi connectivity index (χ1v) is 7.45. The Kier molecular flexibility index (Phi) is 4.24. The van der Waals surface area contributed by atoms with Gasteiger partial charge in [-0.15, -0.1) is 0 Å². The topological polar surface area (TPSA) is 92.6 Å². The fourth-order valence-electron chi connectivity index (χ4n) is 2.67. The van der Waals surface area contributed by atoms with Crippen molar-refractivity contribution in [3.63, 3.8) is 0 Å². The van der Waals surface area contributed by atoms with Crippen LogP contribution in [-0.4, -0.2) is 23.3 Å². The molecule has 0 bridgehead atoms. The third kappa shape index (κ3) is 3.24. The van der Waals surface area contributed by atoms with Gasteiger partial charge in [0, 0.05) is 30.8 Å². The summed E-state index contributed by atoms with van der Waals surface area (Å²) >= 11 is 0.